The molecule has 0 radical (unpaired) electrons. The minimum absolute atomic E-state index is 0.0548. The molecular formula is C19H19N3O3S. The lowest BCUT2D eigenvalue weighted by Gasteiger charge is -2.07. The van der Waals surface area contributed by atoms with E-state index in [-0.39, 0.29) is 12.1 Å². The van der Waals surface area contributed by atoms with Crippen molar-refractivity contribution >= 4 is 17.2 Å². The van der Waals surface area contributed by atoms with Gasteiger partial charge in [0.2, 0.25) is 0 Å². The summed E-state index contributed by atoms with van der Waals surface area (Å²) in [6.45, 7) is 0.609. The van der Waals surface area contributed by atoms with Gasteiger partial charge in [-0.3, -0.25) is 14.2 Å². The number of amides is 1. The van der Waals surface area contributed by atoms with Crippen molar-refractivity contribution in [3.8, 4) is 0 Å². The lowest BCUT2D eigenvalue weighted by atomic mass is 10.1. The summed E-state index contributed by atoms with van der Waals surface area (Å²) < 4.78 is 1.05. The van der Waals surface area contributed by atoms with Gasteiger partial charge in [-0.1, -0.05) is 36.4 Å². The largest absolute Gasteiger partial charge is 0.352 e. The normalized spacial score (nSPS) is 10.6. The highest BCUT2D eigenvalue weighted by molar-refractivity contribution is 7.09. The van der Waals surface area contributed by atoms with Crippen LogP contribution in [0.4, 0.5) is 0 Å². The predicted octanol–water partition coefficient (Wildman–Crippen LogP) is 2.01. The summed E-state index contributed by atoms with van der Waals surface area (Å²) >= 11 is 1.45. The van der Waals surface area contributed by atoms with E-state index >= 15 is 0 Å². The number of nitrogens with zero attached hydrogens (tertiary/aromatic N) is 1. The van der Waals surface area contributed by atoms with Crippen molar-refractivity contribution in [3.05, 3.63) is 90.9 Å². The van der Waals surface area contributed by atoms with Gasteiger partial charge in [0, 0.05) is 17.6 Å². The Hall–Kier alpha value is -2.93. The van der Waals surface area contributed by atoms with Crippen LogP contribution in [0.25, 0.3) is 0 Å². The van der Waals surface area contributed by atoms with Gasteiger partial charge in [-0.25, -0.2) is 4.79 Å². The second-order valence-electron chi connectivity index (χ2n) is 5.82. The van der Waals surface area contributed by atoms with Crippen molar-refractivity contribution in [1.29, 1.82) is 0 Å². The lowest BCUT2D eigenvalue weighted by Crippen LogP contribution is -2.40. The molecule has 3 rings (SSSR count). The number of rotatable bonds is 7. The average Bonchev–Trinajstić information content (AvgIpc) is 3.16. The van der Waals surface area contributed by atoms with Crippen molar-refractivity contribution in [2.24, 2.45) is 0 Å². The maximum atomic E-state index is 12.5. The summed E-state index contributed by atoms with van der Waals surface area (Å²) in [4.78, 5) is 40.1. The van der Waals surface area contributed by atoms with Gasteiger partial charge in [-0.05, 0) is 29.9 Å². The molecule has 1 amide bonds. The van der Waals surface area contributed by atoms with E-state index in [1.807, 2.05) is 47.8 Å². The number of aromatic nitrogens is 2. The first-order valence-corrected chi connectivity index (χ1v) is 9.20. The molecule has 1 aromatic carbocycles. The number of H-pyrrole nitrogens is 1. The molecule has 6 nitrogen and oxygen atoms in total. The lowest BCUT2D eigenvalue weighted by molar-refractivity contribution is 0.0950. The number of carbonyl (C=O) groups excluding carboxylic acids is 1. The van der Waals surface area contributed by atoms with Crippen LogP contribution >= 0.6 is 11.3 Å². The van der Waals surface area contributed by atoms with Crippen molar-refractivity contribution in [1.82, 2.24) is 14.9 Å². The molecule has 2 heterocycles. The molecule has 0 spiro atoms. The van der Waals surface area contributed by atoms with E-state index in [2.05, 4.69) is 10.3 Å². The molecule has 0 atom stereocenters. The van der Waals surface area contributed by atoms with Crippen LogP contribution in [0, 0.1) is 0 Å². The summed E-state index contributed by atoms with van der Waals surface area (Å²) in [5.41, 5.74) is 0.0386. The van der Waals surface area contributed by atoms with E-state index < -0.39 is 17.2 Å². The van der Waals surface area contributed by atoms with E-state index in [9.17, 15) is 14.4 Å². The standard InChI is InChI=1S/C19H19N3O3S/c23-17(20-10-4-8-14-6-2-1-3-7-14)16-12-21-19(25)22(18(16)24)13-15-9-5-11-26-15/h1-3,5-7,9,11-12H,4,8,10,13H2,(H,20,23)(H,21,25). The zero-order valence-electron chi connectivity index (χ0n) is 14.1. The highest BCUT2D eigenvalue weighted by Crippen LogP contribution is 2.08. The van der Waals surface area contributed by atoms with Gasteiger partial charge >= 0.3 is 5.69 Å². The average molecular weight is 369 g/mol. The SMILES string of the molecule is O=C(NCCCc1ccccc1)c1c[nH]c(=O)n(Cc2cccs2)c1=O. The molecule has 0 saturated carbocycles. The summed E-state index contributed by atoms with van der Waals surface area (Å²) in [6, 6.07) is 13.7. The smallest absolute Gasteiger partial charge is 0.328 e. The number of hydrogen-bond donors (Lipinski definition) is 2. The van der Waals surface area contributed by atoms with Gasteiger partial charge in [-0.15, -0.1) is 11.3 Å². The molecule has 134 valence electrons. The summed E-state index contributed by atoms with van der Waals surface area (Å²) in [6.07, 6.45) is 2.79. The van der Waals surface area contributed by atoms with Gasteiger partial charge in [0.25, 0.3) is 11.5 Å². The number of thiophene rings is 1. The first-order chi connectivity index (χ1) is 12.6. The Labute approximate surface area is 154 Å². The molecule has 0 aliphatic rings. The van der Waals surface area contributed by atoms with Crippen molar-refractivity contribution in [3.63, 3.8) is 0 Å². The predicted molar refractivity (Wildman–Crippen MR) is 102 cm³/mol. The Morgan fingerprint density at radius 2 is 1.92 bits per heavy atom. The first-order valence-electron chi connectivity index (χ1n) is 8.32. The molecule has 2 aromatic heterocycles. The highest BCUT2D eigenvalue weighted by atomic mass is 32.1. The number of benzene rings is 1. The third kappa shape index (κ3) is 4.37. The molecule has 26 heavy (non-hydrogen) atoms. The Balaban J connectivity index is 1.64. The van der Waals surface area contributed by atoms with E-state index in [4.69, 9.17) is 0 Å². The third-order valence-corrected chi connectivity index (χ3v) is 4.83. The van der Waals surface area contributed by atoms with Gasteiger partial charge in [-0.2, -0.15) is 0 Å². The maximum Gasteiger partial charge on any atom is 0.328 e. The molecule has 3 aromatic rings. The first kappa shape index (κ1) is 17.9. The zero-order valence-corrected chi connectivity index (χ0v) is 14.9. The Bertz CT molecular complexity index is 975. The van der Waals surface area contributed by atoms with Crippen molar-refractivity contribution in [2.75, 3.05) is 6.54 Å². The maximum absolute atomic E-state index is 12.5. The van der Waals surface area contributed by atoms with Gasteiger partial charge in [0.05, 0.1) is 6.54 Å². The van der Waals surface area contributed by atoms with Crippen LogP contribution in [0.15, 0.2) is 63.6 Å². The Morgan fingerprint density at radius 3 is 2.65 bits per heavy atom. The number of hydrogen-bond acceptors (Lipinski definition) is 4. The summed E-state index contributed by atoms with van der Waals surface area (Å²) in [5.74, 6) is -0.473. The van der Waals surface area contributed by atoms with E-state index in [1.165, 1.54) is 23.1 Å². The molecule has 0 bridgehead atoms. The van der Waals surface area contributed by atoms with Crippen LogP contribution in [0.1, 0.15) is 27.2 Å². The van der Waals surface area contributed by atoms with Gasteiger partial charge < -0.3 is 10.3 Å². The number of nitrogens with one attached hydrogen (secondary N) is 2. The molecule has 0 saturated heterocycles. The highest BCUT2D eigenvalue weighted by Gasteiger charge is 2.14. The van der Waals surface area contributed by atoms with Crippen molar-refractivity contribution < 1.29 is 4.79 Å². The third-order valence-electron chi connectivity index (χ3n) is 3.97. The Morgan fingerprint density at radius 1 is 1.12 bits per heavy atom. The number of aryl methyl sites for hydroxylation is 1. The van der Waals surface area contributed by atoms with Gasteiger partial charge in [0.1, 0.15) is 5.56 Å². The molecule has 7 heteroatoms. The van der Waals surface area contributed by atoms with Crippen LogP contribution in [0.5, 0.6) is 0 Å². The fourth-order valence-corrected chi connectivity index (χ4v) is 3.30. The summed E-state index contributed by atoms with van der Waals surface area (Å²) in [7, 11) is 0. The summed E-state index contributed by atoms with van der Waals surface area (Å²) in [5, 5.41) is 4.62. The quantitative estimate of drug-likeness (QED) is 0.625. The molecule has 0 fully saturated rings. The van der Waals surface area contributed by atoms with Crippen LogP contribution in [0.2, 0.25) is 0 Å². The van der Waals surface area contributed by atoms with Crippen LogP contribution in [-0.2, 0) is 13.0 Å². The minimum Gasteiger partial charge on any atom is -0.352 e. The second-order valence-corrected chi connectivity index (χ2v) is 6.86. The topological polar surface area (TPSA) is 84.0 Å². The molecular weight excluding hydrogens is 350 g/mol. The van der Waals surface area contributed by atoms with E-state index in [1.54, 1.807) is 0 Å². The van der Waals surface area contributed by atoms with Crippen molar-refractivity contribution in [2.45, 2.75) is 19.4 Å². The molecule has 0 aliphatic carbocycles. The fraction of sp³-hybridized carbons (Fsp3) is 0.211. The molecule has 2 N–H and O–H groups in total. The van der Waals surface area contributed by atoms with Crippen LogP contribution in [0.3, 0.4) is 0 Å². The van der Waals surface area contributed by atoms with E-state index in [0.717, 1.165) is 22.3 Å². The van der Waals surface area contributed by atoms with E-state index in [0.29, 0.717) is 6.54 Å². The second kappa shape index (κ2) is 8.44. The molecule has 0 unspecified atom stereocenters. The Kier molecular flexibility index (Phi) is 5.80. The zero-order chi connectivity index (χ0) is 18.4. The van der Waals surface area contributed by atoms with Gasteiger partial charge in [0.15, 0.2) is 0 Å². The minimum atomic E-state index is -0.581. The molecule has 0 aliphatic heterocycles. The monoisotopic (exact) mass is 369 g/mol. The van der Waals surface area contributed by atoms with Crippen LogP contribution < -0.4 is 16.6 Å². The number of carbonyl (C=O) groups is 1. The van der Waals surface area contributed by atoms with Crippen LogP contribution in [-0.4, -0.2) is 22.0 Å². The fourth-order valence-electron chi connectivity index (χ4n) is 2.61. The number of aromatic amines is 1.